The quantitative estimate of drug-likeness (QED) is 0.486. The number of para-hydroxylation sites is 1. The van der Waals surface area contributed by atoms with Crippen molar-refractivity contribution in [2.24, 2.45) is 0 Å². The van der Waals surface area contributed by atoms with Crippen molar-refractivity contribution in [1.29, 1.82) is 0 Å². The Hall–Kier alpha value is -3.17. The number of aryl methyl sites for hydroxylation is 1. The number of morpholine rings is 1. The van der Waals surface area contributed by atoms with Gasteiger partial charge in [-0.25, -0.2) is 9.07 Å². The van der Waals surface area contributed by atoms with Gasteiger partial charge in [0.2, 0.25) is 11.8 Å². The Morgan fingerprint density at radius 2 is 1.87 bits per heavy atom. The highest BCUT2D eigenvalue weighted by molar-refractivity contribution is 8.00. The van der Waals surface area contributed by atoms with E-state index in [1.54, 1.807) is 15.9 Å². The highest BCUT2D eigenvalue weighted by Gasteiger charge is 2.40. The Bertz CT molecular complexity index is 1360. The van der Waals surface area contributed by atoms with E-state index in [1.807, 2.05) is 41.9 Å². The van der Waals surface area contributed by atoms with Crippen molar-refractivity contribution < 1.29 is 18.7 Å². The van der Waals surface area contributed by atoms with Crippen LogP contribution in [0.1, 0.15) is 48.4 Å². The summed E-state index contributed by atoms with van der Waals surface area (Å²) in [6, 6.07) is 14.4. The molecule has 0 spiro atoms. The van der Waals surface area contributed by atoms with Gasteiger partial charge in [0.05, 0.1) is 35.6 Å². The van der Waals surface area contributed by atoms with E-state index in [4.69, 9.17) is 9.84 Å². The minimum Gasteiger partial charge on any atom is -0.378 e. The monoisotopic (exact) mass is 536 g/mol. The molecule has 2 aliphatic heterocycles. The van der Waals surface area contributed by atoms with Crippen molar-refractivity contribution in [2.75, 3.05) is 43.5 Å². The first-order chi connectivity index (χ1) is 18.1. The van der Waals surface area contributed by atoms with Gasteiger partial charge in [-0.1, -0.05) is 51.1 Å². The van der Waals surface area contributed by atoms with Crippen LogP contribution in [0.4, 0.5) is 10.2 Å². The van der Waals surface area contributed by atoms with Crippen molar-refractivity contribution in [1.82, 2.24) is 14.7 Å². The maximum atomic E-state index is 14.4. The predicted octanol–water partition coefficient (Wildman–Crippen LogP) is 4.65. The average molecular weight is 537 g/mol. The van der Waals surface area contributed by atoms with Crippen LogP contribution in [0, 0.1) is 12.7 Å². The molecule has 1 fully saturated rings. The Labute approximate surface area is 226 Å². The van der Waals surface area contributed by atoms with Gasteiger partial charge in [-0.05, 0) is 36.2 Å². The molecule has 200 valence electrons. The molecule has 3 aromatic rings. The lowest BCUT2D eigenvalue weighted by atomic mass is 9.87. The van der Waals surface area contributed by atoms with Crippen LogP contribution in [0.5, 0.6) is 0 Å². The third kappa shape index (κ3) is 5.09. The number of halogens is 1. The second-order valence-corrected chi connectivity index (χ2v) is 11.8. The normalized spacial score (nSPS) is 18.3. The number of ether oxygens (including phenoxy) is 1. The summed E-state index contributed by atoms with van der Waals surface area (Å²) in [5, 5.41) is 4.78. The molecule has 1 saturated heterocycles. The molecule has 0 radical (unpaired) electrons. The molecule has 9 heteroatoms. The predicted molar refractivity (Wildman–Crippen MR) is 147 cm³/mol. The number of nitrogens with zero attached hydrogens (tertiary/aromatic N) is 4. The molecule has 1 atom stereocenters. The maximum Gasteiger partial charge on any atom is 0.242 e. The van der Waals surface area contributed by atoms with Gasteiger partial charge in [-0.3, -0.25) is 14.5 Å². The third-order valence-electron chi connectivity index (χ3n) is 6.95. The van der Waals surface area contributed by atoms with Gasteiger partial charge >= 0.3 is 0 Å². The fourth-order valence-corrected chi connectivity index (χ4v) is 6.21. The number of hydrogen-bond donors (Lipinski definition) is 0. The standard InChI is InChI=1S/C29H33FN4O3S/c1-19-8-5-6-11-22(19)34-28-25(27(31-34)29(2,3)4)26(20-9-7-10-21(30)16-20)38-18-24(36)33(28)17-23(35)32-12-14-37-15-13-32/h5-11,16,26H,12-15,17-18H2,1-4H3/t26-/m1/s1. The number of carbonyl (C=O) groups excluding carboxylic acids is 2. The molecule has 0 saturated carbocycles. The number of rotatable bonds is 4. The van der Waals surface area contributed by atoms with E-state index in [1.165, 1.54) is 23.9 Å². The second kappa shape index (κ2) is 10.5. The van der Waals surface area contributed by atoms with Crippen molar-refractivity contribution in [3.8, 4) is 5.69 Å². The minimum absolute atomic E-state index is 0.0938. The Morgan fingerprint density at radius 3 is 2.55 bits per heavy atom. The number of anilines is 1. The number of amides is 2. The van der Waals surface area contributed by atoms with Crippen molar-refractivity contribution in [2.45, 2.75) is 38.4 Å². The van der Waals surface area contributed by atoms with Crippen molar-refractivity contribution in [3.05, 3.63) is 76.7 Å². The molecule has 5 rings (SSSR count). The summed E-state index contributed by atoms with van der Waals surface area (Å²) in [5.74, 6) is 0.103. The zero-order valence-corrected chi connectivity index (χ0v) is 23.1. The summed E-state index contributed by atoms with van der Waals surface area (Å²) in [6.07, 6.45) is 0. The summed E-state index contributed by atoms with van der Waals surface area (Å²) in [5.41, 5.74) is 3.87. The molecule has 7 nitrogen and oxygen atoms in total. The van der Waals surface area contributed by atoms with Gasteiger partial charge in [0.15, 0.2) is 0 Å². The average Bonchev–Trinajstić information content (AvgIpc) is 3.22. The van der Waals surface area contributed by atoms with E-state index < -0.39 is 0 Å². The first kappa shape index (κ1) is 26.4. The fourth-order valence-electron chi connectivity index (χ4n) is 5.02. The molecule has 1 aromatic heterocycles. The van der Waals surface area contributed by atoms with Crippen molar-refractivity contribution >= 4 is 29.4 Å². The number of carbonyl (C=O) groups is 2. The molecule has 0 aliphatic carbocycles. The largest absolute Gasteiger partial charge is 0.378 e. The van der Waals surface area contributed by atoms with Gasteiger partial charge in [0.1, 0.15) is 18.2 Å². The zero-order valence-electron chi connectivity index (χ0n) is 22.2. The highest BCUT2D eigenvalue weighted by atomic mass is 32.2. The lowest BCUT2D eigenvalue weighted by molar-refractivity contribution is -0.134. The second-order valence-electron chi connectivity index (χ2n) is 10.8. The Balaban J connectivity index is 1.74. The number of thioether (sulfide) groups is 1. The number of hydrogen-bond acceptors (Lipinski definition) is 5. The summed E-state index contributed by atoms with van der Waals surface area (Å²) in [6.45, 7) is 10.1. The molecular formula is C29H33FN4O3S. The van der Waals surface area contributed by atoms with Gasteiger partial charge in [0.25, 0.3) is 0 Å². The third-order valence-corrected chi connectivity index (χ3v) is 8.21. The first-order valence-electron chi connectivity index (χ1n) is 12.9. The van der Waals surface area contributed by atoms with E-state index in [9.17, 15) is 14.0 Å². The first-order valence-corrected chi connectivity index (χ1v) is 13.9. The number of benzene rings is 2. The smallest absolute Gasteiger partial charge is 0.242 e. The molecule has 0 bridgehead atoms. The summed E-state index contributed by atoms with van der Waals surface area (Å²) in [7, 11) is 0. The molecule has 0 unspecified atom stereocenters. The highest BCUT2D eigenvalue weighted by Crippen LogP contribution is 2.48. The Kier molecular flexibility index (Phi) is 7.33. The van der Waals surface area contributed by atoms with E-state index in [0.717, 1.165) is 28.1 Å². The number of fused-ring (bicyclic) bond motifs is 1. The molecule has 2 aromatic carbocycles. The molecule has 2 amide bonds. The van der Waals surface area contributed by atoms with Crippen LogP contribution in [0.15, 0.2) is 48.5 Å². The van der Waals surface area contributed by atoms with Crippen LogP contribution in [0.25, 0.3) is 5.69 Å². The fraction of sp³-hybridized carbons (Fsp3) is 0.414. The minimum atomic E-state index is -0.378. The van der Waals surface area contributed by atoms with Crippen LogP contribution in [-0.4, -0.2) is 65.1 Å². The van der Waals surface area contributed by atoms with E-state index in [0.29, 0.717) is 32.1 Å². The van der Waals surface area contributed by atoms with Crippen LogP contribution in [-0.2, 0) is 19.7 Å². The maximum absolute atomic E-state index is 14.4. The Morgan fingerprint density at radius 1 is 1.13 bits per heavy atom. The zero-order chi connectivity index (χ0) is 27.0. The lowest BCUT2D eigenvalue weighted by Gasteiger charge is -2.30. The van der Waals surface area contributed by atoms with Gasteiger partial charge in [0, 0.05) is 24.1 Å². The SMILES string of the molecule is Cc1ccccc1-n1nc(C(C)(C)C)c2c1N(CC(=O)N1CCOCC1)C(=O)CS[C@@H]2c1cccc(F)c1. The summed E-state index contributed by atoms with van der Waals surface area (Å²) in [4.78, 5) is 30.5. The van der Waals surface area contributed by atoms with E-state index in [-0.39, 0.29) is 40.6 Å². The molecule has 38 heavy (non-hydrogen) atoms. The lowest BCUT2D eigenvalue weighted by Crippen LogP contribution is -2.48. The van der Waals surface area contributed by atoms with Crippen LogP contribution >= 0.6 is 11.8 Å². The molecule has 3 heterocycles. The van der Waals surface area contributed by atoms with E-state index in [2.05, 4.69) is 20.8 Å². The van der Waals surface area contributed by atoms with E-state index >= 15 is 0 Å². The topological polar surface area (TPSA) is 67.7 Å². The molecule has 0 N–H and O–H groups in total. The van der Waals surface area contributed by atoms with Crippen LogP contribution in [0.2, 0.25) is 0 Å². The number of aromatic nitrogens is 2. The van der Waals surface area contributed by atoms with Gasteiger partial charge < -0.3 is 9.64 Å². The molecule has 2 aliphatic rings. The summed E-state index contributed by atoms with van der Waals surface area (Å²) >= 11 is 1.45. The van der Waals surface area contributed by atoms with Crippen molar-refractivity contribution in [3.63, 3.8) is 0 Å². The van der Waals surface area contributed by atoms with Crippen LogP contribution < -0.4 is 4.90 Å². The molecular weight excluding hydrogens is 503 g/mol. The summed E-state index contributed by atoms with van der Waals surface area (Å²) < 4.78 is 21.7. The van der Waals surface area contributed by atoms with Crippen LogP contribution in [0.3, 0.4) is 0 Å². The van der Waals surface area contributed by atoms with Gasteiger partial charge in [-0.15, -0.1) is 11.8 Å². The van der Waals surface area contributed by atoms with Gasteiger partial charge in [-0.2, -0.15) is 5.10 Å².